The molecule has 1 heterocycles. The van der Waals surface area contributed by atoms with Crippen molar-refractivity contribution in [3.05, 3.63) is 108 Å². The van der Waals surface area contributed by atoms with Crippen LogP contribution in [0, 0.1) is 6.92 Å². The van der Waals surface area contributed by atoms with Crippen LogP contribution >= 0.6 is 11.3 Å². The van der Waals surface area contributed by atoms with Crippen LogP contribution < -0.4 is 0 Å². The van der Waals surface area contributed by atoms with E-state index in [4.69, 9.17) is 0 Å². The van der Waals surface area contributed by atoms with Gasteiger partial charge in [0.1, 0.15) is 0 Å². The quantitative estimate of drug-likeness (QED) is 0.216. The van der Waals surface area contributed by atoms with Gasteiger partial charge in [-0.25, -0.2) is 0 Å². The van der Waals surface area contributed by atoms with Crippen LogP contribution in [-0.4, -0.2) is 0 Å². The van der Waals surface area contributed by atoms with Crippen LogP contribution in [0.2, 0.25) is 0 Å². The van der Waals surface area contributed by atoms with Gasteiger partial charge in [0.2, 0.25) is 0 Å². The molecule has 1 heteroatoms. The van der Waals surface area contributed by atoms with Crippen molar-refractivity contribution in [1.82, 2.24) is 0 Å². The van der Waals surface area contributed by atoms with Gasteiger partial charge >= 0.3 is 0 Å². The molecule has 0 fully saturated rings. The molecule has 0 unspecified atom stereocenters. The van der Waals surface area contributed by atoms with Crippen LogP contribution in [0.5, 0.6) is 0 Å². The largest absolute Gasteiger partial charge is 0.135 e. The zero-order valence-electron chi connectivity index (χ0n) is 21.1. The first-order chi connectivity index (χ1) is 17.4. The number of thiophene rings is 1. The third-order valence-corrected chi connectivity index (χ3v) is 8.79. The fraction of sp³-hybridized carbons (Fsp3) is 0.143. The summed E-state index contributed by atoms with van der Waals surface area (Å²) < 4.78 is 1.34. The lowest BCUT2D eigenvalue weighted by molar-refractivity contribution is 0.591. The standard InChI is InChI=1S/C35H28S/c1-21-9-11-22(12-10-21)29-20-30(32-19-23-7-5-6-8-31(23)36-32)28-16-14-25-18-26(35(2,3)4)17-24-13-15-27(29)34(28)33(24)25/h5-20H,1-4H3. The van der Waals surface area contributed by atoms with E-state index in [1.165, 1.54) is 75.1 Å². The van der Waals surface area contributed by atoms with Gasteiger partial charge in [0.25, 0.3) is 0 Å². The van der Waals surface area contributed by atoms with Crippen molar-refractivity contribution in [2.45, 2.75) is 33.1 Å². The fourth-order valence-electron chi connectivity index (χ4n) is 5.64. The van der Waals surface area contributed by atoms with Crippen molar-refractivity contribution >= 4 is 53.7 Å². The van der Waals surface area contributed by atoms with Crippen molar-refractivity contribution in [3.8, 4) is 21.6 Å². The lowest BCUT2D eigenvalue weighted by atomic mass is 9.82. The SMILES string of the molecule is Cc1ccc(-c2cc(-c3cc4ccccc4s3)c3ccc4cc(C(C)(C)C)cc5ccc2c3c54)cc1. The van der Waals surface area contributed by atoms with Gasteiger partial charge in [-0.3, -0.25) is 0 Å². The van der Waals surface area contributed by atoms with Gasteiger partial charge < -0.3 is 0 Å². The summed E-state index contributed by atoms with van der Waals surface area (Å²) in [6.07, 6.45) is 0. The molecule has 0 atom stereocenters. The third-order valence-electron chi connectivity index (χ3n) is 7.64. The second-order valence-corrected chi connectivity index (χ2v) is 12.2. The molecule has 0 N–H and O–H groups in total. The van der Waals surface area contributed by atoms with Crippen molar-refractivity contribution in [2.24, 2.45) is 0 Å². The second kappa shape index (κ2) is 7.66. The molecule has 0 spiro atoms. The molecule has 0 saturated carbocycles. The van der Waals surface area contributed by atoms with E-state index in [-0.39, 0.29) is 5.41 Å². The monoisotopic (exact) mass is 480 g/mol. The first-order valence-electron chi connectivity index (χ1n) is 12.7. The Bertz CT molecular complexity index is 1860. The summed E-state index contributed by atoms with van der Waals surface area (Å²) in [7, 11) is 0. The predicted octanol–water partition coefficient (Wildman–Crippen LogP) is 10.7. The molecule has 0 aliphatic rings. The van der Waals surface area contributed by atoms with E-state index in [1.807, 2.05) is 11.3 Å². The molecule has 7 rings (SSSR count). The van der Waals surface area contributed by atoms with Crippen molar-refractivity contribution < 1.29 is 0 Å². The lowest BCUT2D eigenvalue weighted by Crippen LogP contribution is -2.10. The number of hydrogen-bond donors (Lipinski definition) is 0. The number of hydrogen-bond acceptors (Lipinski definition) is 1. The number of aryl methyl sites for hydroxylation is 1. The molecule has 1 aromatic heterocycles. The molecule has 7 aromatic rings. The Labute approximate surface area is 216 Å². The molecule has 174 valence electrons. The Morgan fingerprint density at radius 1 is 0.583 bits per heavy atom. The van der Waals surface area contributed by atoms with Gasteiger partial charge in [-0.1, -0.05) is 105 Å². The average molecular weight is 481 g/mol. The number of fused-ring (bicyclic) bond motifs is 1. The molecule has 0 radical (unpaired) electrons. The highest BCUT2D eigenvalue weighted by atomic mass is 32.1. The molecule has 0 nitrogen and oxygen atoms in total. The molecule has 6 aromatic carbocycles. The second-order valence-electron chi connectivity index (χ2n) is 11.1. The zero-order valence-corrected chi connectivity index (χ0v) is 22.0. The minimum atomic E-state index is 0.111. The normalized spacial score (nSPS) is 12.4. The molecule has 0 aliphatic carbocycles. The van der Waals surface area contributed by atoms with E-state index in [0.717, 1.165) is 0 Å². The maximum absolute atomic E-state index is 2.43. The molecular formula is C35H28S. The highest BCUT2D eigenvalue weighted by Gasteiger charge is 2.20. The Kier molecular flexibility index (Phi) is 4.59. The molecule has 0 bridgehead atoms. The lowest BCUT2D eigenvalue weighted by Gasteiger charge is -2.22. The summed E-state index contributed by atoms with van der Waals surface area (Å²) in [6.45, 7) is 9.06. The van der Waals surface area contributed by atoms with E-state index < -0.39 is 0 Å². The van der Waals surface area contributed by atoms with Gasteiger partial charge in [0.05, 0.1) is 0 Å². The van der Waals surface area contributed by atoms with Gasteiger partial charge in [-0.15, -0.1) is 11.3 Å². The highest BCUT2D eigenvalue weighted by Crippen LogP contribution is 2.46. The van der Waals surface area contributed by atoms with Gasteiger partial charge in [0, 0.05) is 15.1 Å². The minimum absolute atomic E-state index is 0.111. The maximum Gasteiger partial charge on any atom is 0.0361 e. The molecule has 0 saturated heterocycles. The molecule has 36 heavy (non-hydrogen) atoms. The summed E-state index contributed by atoms with van der Waals surface area (Å²) in [6, 6.07) is 36.7. The number of benzene rings is 6. The van der Waals surface area contributed by atoms with Gasteiger partial charge in [0.15, 0.2) is 0 Å². The summed E-state index contributed by atoms with van der Waals surface area (Å²) in [4.78, 5) is 1.33. The Morgan fingerprint density at radius 2 is 1.25 bits per heavy atom. The fourth-order valence-corrected chi connectivity index (χ4v) is 6.73. The summed E-state index contributed by atoms with van der Waals surface area (Å²) in [5, 5.41) is 9.42. The zero-order chi connectivity index (χ0) is 24.6. The number of rotatable bonds is 2. The van der Waals surface area contributed by atoms with Crippen molar-refractivity contribution in [2.75, 3.05) is 0 Å². The Balaban J connectivity index is 1.63. The topological polar surface area (TPSA) is 0 Å². The van der Waals surface area contributed by atoms with Gasteiger partial charge in [-0.05, 0) is 84.9 Å². The minimum Gasteiger partial charge on any atom is -0.135 e. The van der Waals surface area contributed by atoms with E-state index >= 15 is 0 Å². The van der Waals surface area contributed by atoms with Crippen LogP contribution in [0.1, 0.15) is 31.9 Å². The first kappa shape index (κ1) is 21.6. The van der Waals surface area contributed by atoms with Crippen molar-refractivity contribution in [3.63, 3.8) is 0 Å². The van der Waals surface area contributed by atoms with Crippen LogP contribution in [0.15, 0.2) is 97.1 Å². The third kappa shape index (κ3) is 3.27. The summed E-state index contributed by atoms with van der Waals surface area (Å²) in [5.41, 5.74) is 6.70. The summed E-state index contributed by atoms with van der Waals surface area (Å²) >= 11 is 1.89. The van der Waals surface area contributed by atoms with E-state index in [0.29, 0.717) is 0 Å². The Morgan fingerprint density at radius 3 is 1.92 bits per heavy atom. The van der Waals surface area contributed by atoms with Crippen LogP contribution in [-0.2, 0) is 5.41 Å². The molecular weight excluding hydrogens is 452 g/mol. The van der Waals surface area contributed by atoms with Crippen LogP contribution in [0.3, 0.4) is 0 Å². The first-order valence-corrected chi connectivity index (χ1v) is 13.5. The smallest absolute Gasteiger partial charge is 0.0361 e. The molecule has 0 amide bonds. The Hall–Kier alpha value is -3.68. The van der Waals surface area contributed by atoms with Gasteiger partial charge in [-0.2, -0.15) is 0 Å². The maximum atomic E-state index is 2.43. The van der Waals surface area contributed by atoms with Crippen molar-refractivity contribution in [1.29, 1.82) is 0 Å². The highest BCUT2D eigenvalue weighted by molar-refractivity contribution is 7.22. The predicted molar refractivity (Wildman–Crippen MR) is 160 cm³/mol. The molecule has 0 aliphatic heterocycles. The van der Waals surface area contributed by atoms with Crippen LogP contribution in [0.25, 0.3) is 64.0 Å². The van der Waals surface area contributed by atoms with E-state index in [2.05, 4.69) is 125 Å². The van der Waals surface area contributed by atoms with E-state index in [1.54, 1.807) is 0 Å². The summed E-state index contributed by atoms with van der Waals surface area (Å²) in [5.74, 6) is 0. The van der Waals surface area contributed by atoms with E-state index in [9.17, 15) is 0 Å². The van der Waals surface area contributed by atoms with Crippen LogP contribution in [0.4, 0.5) is 0 Å². The average Bonchev–Trinajstić information content (AvgIpc) is 3.31.